The fraction of sp³-hybridized carbons (Fsp3) is 0.130. The van der Waals surface area contributed by atoms with Gasteiger partial charge < -0.3 is 10.1 Å². The molecular weight excluding hydrogens is 531 g/mol. The standard InChI is InChI=1S/C23H18ClFN4O5S2/c1-34-23(31)18(12-14-6-8-20(25)35-14)28-22(30)15-7-5-13(24)11-17(15)29-36(32,33)19-4-2-3-16-21(19)27-10-9-26-16/h2-11,18,29H,12H2,1H3,(H,28,30)/t18-/m0/s1. The van der Waals surface area contributed by atoms with E-state index in [9.17, 15) is 22.4 Å². The smallest absolute Gasteiger partial charge is 0.328 e. The highest BCUT2D eigenvalue weighted by molar-refractivity contribution is 7.93. The maximum atomic E-state index is 13.4. The van der Waals surface area contributed by atoms with E-state index in [0.29, 0.717) is 10.4 Å². The lowest BCUT2D eigenvalue weighted by Gasteiger charge is -2.18. The van der Waals surface area contributed by atoms with Crippen LogP contribution in [-0.4, -0.2) is 43.4 Å². The second-order valence-electron chi connectivity index (χ2n) is 7.43. The molecule has 0 aliphatic heterocycles. The molecule has 9 nitrogen and oxygen atoms in total. The predicted octanol–water partition coefficient (Wildman–Crippen LogP) is 3.80. The Morgan fingerprint density at radius 2 is 1.92 bits per heavy atom. The van der Waals surface area contributed by atoms with E-state index >= 15 is 0 Å². The van der Waals surface area contributed by atoms with Crippen LogP contribution in [0.3, 0.4) is 0 Å². The third-order valence-electron chi connectivity index (χ3n) is 5.05. The van der Waals surface area contributed by atoms with Crippen LogP contribution in [0.25, 0.3) is 11.0 Å². The minimum absolute atomic E-state index is 0.0175. The summed E-state index contributed by atoms with van der Waals surface area (Å²) in [7, 11) is -3.07. The zero-order valence-corrected chi connectivity index (χ0v) is 21.0. The van der Waals surface area contributed by atoms with Gasteiger partial charge in [-0.2, -0.15) is 4.39 Å². The fourth-order valence-electron chi connectivity index (χ4n) is 3.42. The third-order valence-corrected chi connectivity index (χ3v) is 7.58. The zero-order chi connectivity index (χ0) is 25.9. The normalized spacial score (nSPS) is 12.2. The first-order chi connectivity index (χ1) is 17.2. The van der Waals surface area contributed by atoms with E-state index in [2.05, 4.69) is 20.0 Å². The van der Waals surface area contributed by atoms with Crippen molar-refractivity contribution in [3.8, 4) is 0 Å². The van der Waals surface area contributed by atoms with Gasteiger partial charge in [-0.05, 0) is 42.5 Å². The molecule has 0 saturated heterocycles. The van der Waals surface area contributed by atoms with Crippen molar-refractivity contribution >= 4 is 61.6 Å². The highest BCUT2D eigenvalue weighted by Crippen LogP contribution is 2.27. The minimum Gasteiger partial charge on any atom is -0.467 e. The van der Waals surface area contributed by atoms with Crippen molar-refractivity contribution < 1.29 is 27.1 Å². The van der Waals surface area contributed by atoms with Gasteiger partial charge in [0.1, 0.15) is 16.5 Å². The molecule has 1 atom stereocenters. The first-order valence-corrected chi connectivity index (χ1v) is 13.0. The zero-order valence-electron chi connectivity index (χ0n) is 18.6. The van der Waals surface area contributed by atoms with Crippen LogP contribution >= 0.6 is 22.9 Å². The summed E-state index contributed by atoms with van der Waals surface area (Å²) in [6, 6.07) is 10.1. The fourth-order valence-corrected chi connectivity index (χ4v) is 5.60. The Kier molecular flexibility index (Phi) is 7.48. The van der Waals surface area contributed by atoms with Gasteiger partial charge in [-0.25, -0.2) is 13.2 Å². The Morgan fingerprint density at radius 1 is 1.14 bits per heavy atom. The van der Waals surface area contributed by atoms with E-state index in [-0.39, 0.29) is 33.1 Å². The number of benzene rings is 2. The van der Waals surface area contributed by atoms with Gasteiger partial charge in [0.05, 0.1) is 23.9 Å². The summed E-state index contributed by atoms with van der Waals surface area (Å²) >= 11 is 6.92. The minimum atomic E-state index is -4.23. The van der Waals surface area contributed by atoms with Crippen molar-refractivity contribution in [3.63, 3.8) is 0 Å². The van der Waals surface area contributed by atoms with Gasteiger partial charge >= 0.3 is 5.97 Å². The lowest BCUT2D eigenvalue weighted by molar-refractivity contribution is -0.142. The maximum absolute atomic E-state index is 13.4. The lowest BCUT2D eigenvalue weighted by atomic mass is 10.1. The summed E-state index contributed by atoms with van der Waals surface area (Å²) in [6.45, 7) is 0. The Balaban J connectivity index is 1.65. The molecule has 0 radical (unpaired) electrons. The number of fused-ring (bicyclic) bond motifs is 1. The van der Waals surface area contributed by atoms with Crippen molar-refractivity contribution in [2.24, 2.45) is 0 Å². The Morgan fingerprint density at radius 3 is 2.64 bits per heavy atom. The van der Waals surface area contributed by atoms with Gasteiger partial charge in [0.2, 0.25) is 0 Å². The first kappa shape index (κ1) is 25.5. The van der Waals surface area contributed by atoms with Gasteiger partial charge in [-0.15, -0.1) is 11.3 Å². The van der Waals surface area contributed by atoms with Crippen LogP contribution in [0.5, 0.6) is 0 Å². The molecule has 2 heterocycles. The van der Waals surface area contributed by atoms with Crippen LogP contribution in [0.1, 0.15) is 15.2 Å². The number of carbonyl (C=O) groups excluding carboxylic acids is 2. The number of amides is 1. The molecule has 0 saturated carbocycles. The van der Waals surface area contributed by atoms with Gasteiger partial charge in [0.15, 0.2) is 5.13 Å². The number of ether oxygens (including phenoxy) is 1. The summed E-state index contributed by atoms with van der Waals surface area (Å²) in [5.41, 5.74) is 0.303. The van der Waals surface area contributed by atoms with Gasteiger partial charge in [-0.1, -0.05) is 17.7 Å². The number of sulfonamides is 1. The Bertz CT molecular complexity index is 1560. The number of aromatic nitrogens is 2. The molecule has 2 N–H and O–H groups in total. The van der Waals surface area contributed by atoms with Crippen LogP contribution < -0.4 is 10.0 Å². The maximum Gasteiger partial charge on any atom is 0.328 e. The molecule has 0 fully saturated rings. The van der Waals surface area contributed by atoms with E-state index in [1.807, 2.05) is 0 Å². The molecule has 0 unspecified atom stereocenters. The number of halogens is 2. The number of para-hydroxylation sites is 1. The van der Waals surface area contributed by atoms with E-state index in [1.54, 1.807) is 6.07 Å². The average molecular weight is 549 g/mol. The summed E-state index contributed by atoms with van der Waals surface area (Å²) in [5, 5.41) is 2.26. The van der Waals surface area contributed by atoms with E-state index in [1.165, 1.54) is 54.9 Å². The Hall–Kier alpha value is -3.61. The Labute approximate surface area is 214 Å². The summed E-state index contributed by atoms with van der Waals surface area (Å²) < 4.78 is 47.1. The van der Waals surface area contributed by atoms with E-state index < -0.39 is 33.1 Å². The SMILES string of the molecule is COC(=O)[C@H](Cc1ccc(F)s1)NC(=O)c1ccc(Cl)cc1NS(=O)(=O)c1cccc2nccnc12. The highest BCUT2D eigenvalue weighted by atomic mass is 35.5. The van der Waals surface area contributed by atoms with Crippen molar-refractivity contribution in [3.05, 3.63) is 81.5 Å². The average Bonchev–Trinajstić information content (AvgIpc) is 3.26. The van der Waals surface area contributed by atoms with Crippen LogP contribution in [0.15, 0.2) is 65.8 Å². The predicted molar refractivity (Wildman–Crippen MR) is 133 cm³/mol. The molecule has 4 rings (SSSR count). The van der Waals surface area contributed by atoms with Crippen LogP contribution in [0, 0.1) is 5.13 Å². The number of methoxy groups -OCH3 is 1. The molecule has 2 aromatic heterocycles. The summed E-state index contributed by atoms with van der Waals surface area (Å²) in [6.07, 6.45) is 2.79. The number of thiophene rings is 1. The second-order valence-corrected chi connectivity index (χ2v) is 10.6. The number of hydrogen-bond donors (Lipinski definition) is 2. The van der Waals surface area contributed by atoms with Crippen LogP contribution in [-0.2, 0) is 26.0 Å². The van der Waals surface area contributed by atoms with Crippen LogP contribution in [0.4, 0.5) is 10.1 Å². The monoisotopic (exact) mass is 548 g/mol. The van der Waals surface area contributed by atoms with Crippen molar-refractivity contribution in [2.75, 3.05) is 11.8 Å². The first-order valence-electron chi connectivity index (χ1n) is 10.3. The number of rotatable bonds is 8. The lowest BCUT2D eigenvalue weighted by Crippen LogP contribution is -2.43. The number of esters is 1. The number of nitrogens with one attached hydrogen (secondary N) is 2. The molecule has 0 aliphatic carbocycles. The van der Waals surface area contributed by atoms with E-state index in [0.717, 1.165) is 18.4 Å². The second kappa shape index (κ2) is 10.6. The van der Waals surface area contributed by atoms with Gasteiger partial charge in [0.25, 0.3) is 15.9 Å². The van der Waals surface area contributed by atoms with Crippen molar-refractivity contribution in [1.29, 1.82) is 0 Å². The molecule has 0 bridgehead atoms. The number of carbonyl (C=O) groups is 2. The molecule has 0 spiro atoms. The molecule has 0 aliphatic rings. The molecule has 2 aromatic carbocycles. The molecule has 4 aromatic rings. The molecule has 1 amide bonds. The molecular formula is C23H18ClFN4O5S2. The number of hydrogen-bond acceptors (Lipinski definition) is 8. The van der Waals surface area contributed by atoms with Crippen LogP contribution in [0.2, 0.25) is 5.02 Å². The summed E-state index contributed by atoms with van der Waals surface area (Å²) in [5.74, 6) is -1.52. The van der Waals surface area contributed by atoms with Crippen molar-refractivity contribution in [2.45, 2.75) is 17.4 Å². The van der Waals surface area contributed by atoms with Gasteiger partial charge in [-0.3, -0.25) is 19.5 Å². The van der Waals surface area contributed by atoms with Gasteiger partial charge in [0, 0.05) is 28.7 Å². The highest BCUT2D eigenvalue weighted by Gasteiger charge is 2.26. The summed E-state index contributed by atoms with van der Waals surface area (Å²) in [4.78, 5) is 34.0. The van der Waals surface area contributed by atoms with E-state index in [4.69, 9.17) is 16.3 Å². The number of nitrogens with zero attached hydrogens (tertiary/aromatic N) is 2. The molecule has 36 heavy (non-hydrogen) atoms. The topological polar surface area (TPSA) is 127 Å². The molecule has 13 heteroatoms. The number of anilines is 1. The van der Waals surface area contributed by atoms with Crippen molar-refractivity contribution in [1.82, 2.24) is 15.3 Å². The quantitative estimate of drug-likeness (QED) is 0.321. The largest absolute Gasteiger partial charge is 0.467 e. The molecule has 186 valence electrons. The third kappa shape index (κ3) is 5.61.